The molecule has 0 bridgehead atoms. The number of methoxy groups -OCH3 is 3. The highest BCUT2D eigenvalue weighted by Crippen LogP contribution is 2.40. The van der Waals surface area contributed by atoms with Crippen LogP contribution in [0.1, 0.15) is 5.56 Å². The van der Waals surface area contributed by atoms with Crippen molar-refractivity contribution in [2.45, 2.75) is 11.4 Å². The fraction of sp³-hybridized carbons (Fsp3) is 0.250. The first-order valence-corrected chi connectivity index (χ1v) is 11.6. The molecule has 0 fully saturated rings. The van der Waals surface area contributed by atoms with Gasteiger partial charge in [0.1, 0.15) is 5.75 Å². The van der Waals surface area contributed by atoms with E-state index < -0.39 is 10.0 Å². The minimum atomic E-state index is -3.82. The Hall–Kier alpha value is -3.39. The van der Waals surface area contributed by atoms with Gasteiger partial charge in [-0.15, -0.1) is 0 Å². The first-order chi connectivity index (χ1) is 15.5. The van der Waals surface area contributed by atoms with Gasteiger partial charge < -0.3 is 19.1 Å². The van der Waals surface area contributed by atoms with Crippen molar-refractivity contribution >= 4 is 21.4 Å². The van der Waals surface area contributed by atoms with Crippen molar-refractivity contribution in [2.75, 3.05) is 43.6 Å². The Morgan fingerprint density at radius 1 is 0.781 bits per heavy atom. The van der Waals surface area contributed by atoms with Crippen molar-refractivity contribution in [3.63, 3.8) is 0 Å². The summed E-state index contributed by atoms with van der Waals surface area (Å²) in [6.07, 6.45) is 0. The number of sulfonamides is 1. The summed E-state index contributed by atoms with van der Waals surface area (Å²) >= 11 is 0. The largest absolute Gasteiger partial charge is 0.497 e. The van der Waals surface area contributed by atoms with Gasteiger partial charge in [-0.3, -0.25) is 4.31 Å². The molecule has 4 rings (SSSR count). The first-order valence-electron chi connectivity index (χ1n) is 10.2. The third kappa shape index (κ3) is 4.05. The third-order valence-corrected chi connectivity index (χ3v) is 7.33. The van der Waals surface area contributed by atoms with Crippen LogP contribution in [0.15, 0.2) is 71.6 Å². The summed E-state index contributed by atoms with van der Waals surface area (Å²) in [5.74, 6) is 1.52. The summed E-state index contributed by atoms with van der Waals surface area (Å²) in [5.41, 5.74) is 2.57. The molecule has 0 aromatic heterocycles. The average molecular weight is 455 g/mol. The van der Waals surface area contributed by atoms with Crippen molar-refractivity contribution in [1.82, 2.24) is 0 Å². The average Bonchev–Trinajstić information content (AvgIpc) is 2.83. The molecule has 0 amide bonds. The van der Waals surface area contributed by atoms with Crippen LogP contribution in [0.25, 0.3) is 0 Å². The van der Waals surface area contributed by atoms with E-state index in [-0.39, 0.29) is 4.90 Å². The molecule has 0 spiro atoms. The van der Waals surface area contributed by atoms with Crippen LogP contribution >= 0.6 is 0 Å². The zero-order valence-corrected chi connectivity index (χ0v) is 19.1. The Kier molecular flexibility index (Phi) is 6.14. The van der Waals surface area contributed by atoms with Crippen LogP contribution in [0.4, 0.5) is 11.4 Å². The van der Waals surface area contributed by atoms with Crippen molar-refractivity contribution < 1.29 is 22.6 Å². The van der Waals surface area contributed by atoms with Gasteiger partial charge in [0.05, 0.1) is 44.1 Å². The predicted molar refractivity (Wildman–Crippen MR) is 125 cm³/mol. The molecule has 0 saturated carbocycles. The molecule has 3 aromatic rings. The Morgan fingerprint density at radius 2 is 1.53 bits per heavy atom. The maximum atomic E-state index is 13.6. The summed E-state index contributed by atoms with van der Waals surface area (Å²) in [6, 6.07) is 20.2. The molecule has 0 atom stereocenters. The van der Waals surface area contributed by atoms with E-state index in [0.29, 0.717) is 42.6 Å². The fourth-order valence-electron chi connectivity index (χ4n) is 3.87. The number of hydrogen-bond acceptors (Lipinski definition) is 6. The molecule has 7 nitrogen and oxygen atoms in total. The van der Waals surface area contributed by atoms with Crippen LogP contribution < -0.4 is 23.4 Å². The lowest BCUT2D eigenvalue weighted by molar-refractivity contribution is 0.354. The first kappa shape index (κ1) is 21.8. The molecular weight excluding hydrogens is 428 g/mol. The van der Waals surface area contributed by atoms with Crippen LogP contribution in [-0.4, -0.2) is 42.8 Å². The Morgan fingerprint density at radius 3 is 2.22 bits per heavy atom. The fourth-order valence-corrected chi connectivity index (χ4v) is 5.35. The second kappa shape index (κ2) is 9.00. The van der Waals surface area contributed by atoms with Crippen molar-refractivity contribution in [1.29, 1.82) is 0 Å². The number of rotatable bonds is 7. The standard InChI is InChI=1S/C24H26N2O5S/c1-29-19-9-11-21-22(15-19)25(17-18-7-5-4-6-8-18)13-14-26(21)32(27,28)20-10-12-23(30-2)24(16-20)31-3/h4-12,15-16H,13-14,17H2,1-3H3. The summed E-state index contributed by atoms with van der Waals surface area (Å²) in [4.78, 5) is 2.32. The summed E-state index contributed by atoms with van der Waals surface area (Å²) in [5, 5.41) is 0. The van der Waals surface area contributed by atoms with Gasteiger partial charge in [0.25, 0.3) is 10.0 Å². The zero-order valence-electron chi connectivity index (χ0n) is 18.3. The van der Waals surface area contributed by atoms with Gasteiger partial charge in [0.2, 0.25) is 0 Å². The van der Waals surface area contributed by atoms with Gasteiger partial charge in [-0.1, -0.05) is 30.3 Å². The van der Waals surface area contributed by atoms with E-state index in [1.165, 1.54) is 30.7 Å². The molecule has 0 aliphatic carbocycles. The lowest BCUT2D eigenvalue weighted by Crippen LogP contribution is -2.43. The Labute approximate surface area is 188 Å². The second-order valence-corrected chi connectivity index (χ2v) is 9.22. The highest BCUT2D eigenvalue weighted by atomic mass is 32.2. The third-order valence-electron chi connectivity index (χ3n) is 5.52. The molecule has 3 aromatic carbocycles. The van der Waals surface area contributed by atoms with Gasteiger partial charge in [0.15, 0.2) is 11.5 Å². The number of anilines is 2. The van der Waals surface area contributed by atoms with Crippen LogP contribution in [0.2, 0.25) is 0 Å². The number of nitrogens with zero attached hydrogens (tertiary/aromatic N) is 2. The highest BCUT2D eigenvalue weighted by Gasteiger charge is 2.33. The number of ether oxygens (including phenoxy) is 3. The molecule has 0 radical (unpaired) electrons. The van der Waals surface area contributed by atoms with E-state index in [1.807, 2.05) is 24.3 Å². The summed E-state index contributed by atoms with van der Waals surface area (Å²) in [6.45, 7) is 1.54. The van der Waals surface area contributed by atoms with Gasteiger partial charge in [-0.25, -0.2) is 8.42 Å². The van der Waals surface area contributed by atoms with E-state index in [2.05, 4.69) is 17.0 Å². The van der Waals surface area contributed by atoms with Gasteiger partial charge >= 0.3 is 0 Å². The maximum Gasteiger partial charge on any atom is 0.264 e. The topological polar surface area (TPSA) is 68.3 Å². The van der Waals surface area contributed by atoms with E-state index in [0.717, 1.165) is 11.3 Å². The lowest BCUT2D eigenvalue weighted by atomic mass is 10.1. The molecule has 32 heavy (non-hydrogen) atoms. The summed E-state index contributed by atoms with van der Waals surface area (Å²) < 4.78 is 44.7. The van der Waals surface area contributed by atoms with E-state index in [9.17, 15) is 8.42 Å². The highest BCUT2D eigenvalue weighted by molar-refractivity contribution is 7.92. The van der Waals surface area contributed by atoms with E-state index in [4.69, 9.17) is 14.2 Å². The van der Waals surface area contributed by atoms with Crippen LogP contribution in [0, 0.1) is 0 Å². The molecule has 8 heteroatoms. The van der Waals surface area contributed by atoms with Crippen molar-refractivity contribution in [2.24, 2.45) is 0 Å². The normalized spacial score (nSPS) is 13.5. The van der Waals surface area contributed by atoms with Crippen molar-refractivity contribution in [3.8, 4) is 17.2 Å². The smallest absolute Gasteiger partial charge is 0.264 e. The Bertz CT molecular complexity index is 1200. The van der Waals surface area contributed by atoms with Gasteiger partial charge in [-0.2, -0.15) is 0 Å². The molecule has 0 N–H and O–H groups in total. The molecule has 168 valence electrons. The molecule has 0 unspecified atom stereocenters. The Balaban J connectivity index is 1.74. The molecule has 1 aliphatic rings. The molecular formula is C24H26N2O5S. The summed E-state index contributed by atoms with van der Waals surface area (Å²) in [7, 11) is 0.783. The minimum Gasteiger partial charge on any atom is -0.497 e. The number of benzene rings is 3. The van der Waals surface area contributed by atoms with Gasteiger partial charge in [0, 0.05) is 25.2 Å². The van der Waals surface area contributed by atoms with Crippen LogP contribution in [-0.2, 0) is 16.6 Å². The van der Waals surface area contributed by atoms with Gasteiger partial charge in [-0.05, 0) is 29.8 Å². The minimum absolute atomic E-state index is 0.147. The monoisotopic (exact) mass is 454 g/mol. The van der Waals surface area contributed by atoms with Crippen LogP contribution in [0.3, 0.4) is 0 Å². The molecule has 1 heterocycles. The van der Waals surface area contributed by atoms with Crippen LogP contribution in [0.5, 0.6) is 17.2 Å². The lowest BCUT2D eigenvalue weighted by Gasteiger charge is -2.38. The number of hydrogen-bond donors (Lipinski definition) is 0. The molecule has 1 aliphatic heterocycles. The molecule has 0 saturated heterocycles. The predicted octanol–water partition coefficient (Wildman–Crippen LogP) is 3.93. The van der Waals surface area contributed by atoms with E-state index in [1.54, 1.807) is 25.3 Å². The SMILES string of the molecule is COc1ccc2c(c1)N(Cc1ccccc1)CCN2S(=O)(=O)c1ccc(OC)c(OC)c1. The second-order valence-electron chi connectivity index (χ2n) is 7.36. The van der Waals surface area contributed by atoms with E-state index >= 15 is 0 Å². The zero-order chi connectivity index (χ0) is 22.7. The quantitative estimate of drug-likeness (QED) is 0.539. The maximum absolute atomic E-state index is 13.6. The van der Waals surface area contributed by atoms with Crippen molar-refractivity contribution in [3.05, 3.63) is 72.3 Å². The number of fused-ring (bicyclic) bond motifs is 1.